The molecule has 1 aromatic heterocycles. The summed E-state index contributed by atoms with van der Waals surface area (Å²) in [5.41, 5.74) is 4.10. The van der Waals surface area contributed by atoms with Crippen molar-refractivity contribution in [3.8, 4) is 0 Å². The summed E-state index contributed by atoms with van der Waals surface area (Å²) in [5.74, 6) is -2.04. The van der Waals surface area contributed by atoms with Crippen molar-refractivity contribution < 1.29 is 14.7 Å². The quantitative estimate of drug-likeness (QED) is 0.939. The number of para-hydroxylation sites is 1. The summed E-state index contributed by atoms with van der Waals surface area (Å²) in [5, 5.41) is 13.8. The van der Waals surface area contributed by atoms with Crippen LogP contribution in [0.25, 0.3) is 0 Å². The summed E-state index contributed by atoms with van der Waals surface area (Å²) in [7, 11) is 1.86. The van der Waals surface area contributed by atoms with Crippen LogP contribution in [0.15, 0.2) is 24.3 Å². The number of benzene rings is 1. The van der Waals surface area contributed by atoms with Gasteiger partial charge in [-0.15, -0.1) is 0 Å². The van der Waals surface area contributed by atoms with Crippen molar-refractivity contribution >= 4 is 17.6 Å². The highest BCUT2D eigenvalue weighted by atomic mass is 16.4. The van der Waals surface area contributed by atoms with Crippen LogP contribution in [0.4, 0.5) is 5.69 Å². The van der Waals surface area contributed by atoms with Crippen molar-refractivity contribution in [1.29, 1.82) is 0 Å². The summed E-state index contributed by atoms with van der Waals surface area (Å²) >= 11 is 0. The Hall–Kier alpha value is -2.63. The first-order valence-corrected chi connectivity index (χ1v) is 7.96. The number of nitrogens with zero attached hydrogens (tertiary/aromatic N) is 3. The third-order valence-electron chi connectivity index (χ3n) is 4.90. The first kappa shape index (κ1) is 16.2. The molecule has 0 radical (unpaired) electrons. The molecule has 0 unspecified atom stereocenters. The molecule has 0 fully saturated rings. The molecule has 2 atom stereocenters. The lowest BCUT2D eigenvalue weighted by Crippen LogP contribution is -2.34. The van der Waals surface area contributed by atoms with Gasteiger partial charge >= 0.3 is 5.97 Å². The zero-order valence-corrected chi connectivity index (χ0v) is 14.3. The van der Waals surface area contributed by atoms with Gasteiger partial charge in [0.2, 0.25) is 5.91 Å². The molecule has 1 aromatic carbocycles. The van der Waals surface area contributed by atoms with E-state index in [2.05, 4.69) is 5.10 Å². The minimum atomic E-state index is -0.904. The molecule has 126 valence electrons. The van der Waals surface area contributed by atoms with Gasteiger partial charge < -0.3 is 10.0 Å². The number of aromatic nitrogens is 2. The van der Waals surface area contributed by atoms with E-state index >= 15 is 0 Å². The maximum Gasteiger partial charge on any atom is 0.312 e. The molecule has 0 aliphatic carbocycles. The fourth-order valence-corrected chi connectivity index (χ4v) is 3.60. The molecule has 0 spiro atoms. The van der Waals surface area contributed by atoms with Gasteiger partial charge in [-0.25, -0.2) is 0 Å². The molecule has 1 aliphatic heterocycles. The first-order valence-electron chi connectivity index (χ1n) is 7.96. The Morgan fingerprint density at radius 3 is 2.54 bits per heavy atom. The molecule has 0 saturated carbocycles. The molecule has 2 heterocycles. The highest BCUT2D eigenvalue weighted by molar-refractivity contribution is 6.02. The van der Waals surface area contributed by atoms with Crippen LogP contribution in [0.3, 0.4) is 0 Å². The normalized spacial score (nSPS) is 17.7. The topological polar surface area (TPSA) is 75.4 Å². The number of carbonyl (C=O) groups excluding carboxylic acids is 1. The van der Waals surface area contributed by atoms with Gasteiger partial charge in [0.15, 0.2) is 0 Å². The average Bonchev–Trinajstić information content (AvgIpc) is 3.04. The molecule has 1 aliphatic rings. The van der Waals surface area contributed by atoms with Crippen molar-refractivity contribution in [2.45, 2.75) is 32.6 Å². The van der Waals surface area contributed by atoms with Gasteiger partial charge in [-0.3, -0.25) is 14.3 Å². The summed E-state index contributed by atoms with van der Waals surface area (Å²) in [6.45, 7) is 5.87. The smallest absolute Gasteiger partial charge is 0.312 e. The number of rotatable bonds is 3. The van der Waals surface area contributed by atoms with Crippen LogP contribution in [0.1, 0.15) is 41.3 Å². The number of hydrogen-bond acceptors (Lipinski definition) is 3. The Morgan fingerprint density at radius 1 is 1.29 bits per heavy atom. The summed E-state index contributed by atoms with van der Waals surface area (Å²) in [6.07, 6.45) is 0. The minimum absolute atomic E-state index is 0.0922. The Bertz CT molecular complexity index is 825. The zero-order chi connectivity index (χ0) is 17.6. The lowest BCUT2D eigenvalue weighted by Gasteiger charge is -2.22. The van der Waals surface area contributed by atoms with Crippen molar-refractivity contribution in [3.63, 3.8) is 0 Å². The monoisotopic (exact) mass is 327 g/mol. The Kier molecular flexibility index (Phi) is 3.91. The number of carbonyl (C=O) groups is 2. The SMILES string of the molecule is Cc1nn(C)c(C)c1[C@@H](C)C(=O)N1C[C@@H](C(=O)O)c2ccccc21. The van der Waals surface area contributed by atoms with E-state index in [9.17, 15) is 14.7 Å². The average molecular weight is 327 g/mol. The van der Waals surface area contributed by atoms with Crippen LogP contribution < -0.4 is 4.90 Å². The number of carboxylic acids is 1. The number of carboxylic acid groups (broad SMARTS) is 1. The number of anilines is 1. The van der Waals surface area contributed by atoms with Crippen LogP contribution in [0.5, 0.6) is 0 Å². The van der Waals surface area contributed by atoms with E-state index < -0.39 is 11.9 Å². The lowest BCUT2D eigenvalue weighted by atomic mass is 9.97. The Balaban J connectivity index is 1.97. The molecule has 6 nitrogen and oxygen atoms in total. The molecule has 1 amide bonds. The van der Waals surface area contributed by atoms with Crippen LogP contribution >= 0.6 is 0 Å². The number of aryl methyl sites for hydroxylation is 2. The summed E-state index contributed by atoms with van der Waals surface area (Å²) < 4.78 is 1.77. The van der Waals surface area contributed by atoms with Crippen LogP contribution in [0, 0.1) is 13.8 Å². The third kappa shape index (κ3) is 2.38. The molecule has 24 heavy (non-hydrogen) atoms. The second-order valence-electron chi connectivity index (χ2n) is 6.33. The van der Waals surface area contributed by atoms with Crippen LogP contribution in [-0.2, 0) is 16.6 Å². The zero-order valence-electron chi connectivity index (χ0n) is 14.3. The molecule has 0 bridgehead atoms. The molecule has 0 saturated heterocycles. The maximum absolute atomic E-state index is 13.1. The Labute approximate surface area is 140 Å². The van der Waals surface area contributed by atoms with Crippen molar-refractivity contribution in [3.05, 3.63) is 46.8 Å². The second-order valence-corrected chi connectivity index (χ2v) is 6.33. The molecule has 3 rings (SSSR count). The van der Waals surface area contributed by atoms with Crippen molar-refractivity contribution in [1.82, 2.24) is 9.78 Å². The van der Waals surface area contributed by atoms with E-state index in [1.165, 1.54) is 0 Å². The number of aliphatic carboxylic acids is 1. The maximum atomic E-state index is 13.1. The van der Waals surface area contributed by atoms with Gasteiger partial charge in [0.25, 0.3) is 0 Å². The fourth-order valence-electron chi connectivity index (χ4n) is 3.60. The van der Waals surface area contributed by atoms with Crippen molar-refractivity contribution in [2.24, 2.45) is 7.05 Å². The standard InChI is InChI=1S/C18H21N3O3/c1-10(16-11(2)19-20(4)12(16)3)17(22)21-9-14(18(23)24)13-7-5-6-8-15(13)21/h5-8,10,14H,9H2,1-4H3,(H,23,24)/t10-,14-/m1/s1. The van der Waals surface area contributed by atoms with Crippen molar-refractivity contribution in [2.75, 3.05) is 11.4 Å². The first-order chi connectivity index (χ1) is 11.3. The minimum Gasteiger partial charge on any atom is -0.481 e. The molecular weight excluding hydrogens is 306 g/mol. The predicted molar refractivity (Wildman–Crippen MR) is 90.3 cm³/mol. The number of amides is 1. The summed E-state index contributed by atoms with van der Waals surface area (Å²) in [4.78, 5) is 26.2. The van der Waals surface area contributed by atoms with E-state index in [-0.39, 0.29) is 18.4 Å². The number of hydrogen-bond donors (Lipinski definition) is 1. The van der Waals surface area contributed by atoms with Crippen LogP contribution in [0.2, 0.25) is 0 Å². The van der Waals surface area contributed by atoms with E-state index in [0.29, 0.717) is 11.3 Å². The largest absolute Gasteiger partial charge is 0.481 e. The van der Waals surface area contributed by atoms with E-state index in [1.54, 1.807) is 15.6 Å². The van der Waals surface area contributed by atoms with Gasteiger partial charge in [0, 0.05) is 30.5 Å². The lowest BCUT2D eigenvalue weighted by molar-refractivity contribution is -0.138. The molecule has 1 N–H and O–H groups in total. The van der Waals surface area contributed by atoms with Gasteiger partial charge in [0.1, 0.15) is 5.92 Å². The molecule has 2 aromatic rings. The van der Waals surface area contributed by atoms with E-state index in [1.807, 2.05) is 46.0 Å². The summed E-state index contributed by atoms with van der Waals surface area (Å²) in [6, 6.07) is 7.23. The molecular formula is C18H21N3O3. The van der Waals surface area contributed by atoms with E-state index in [0.717, 1.165) is 17.0 Å². The highest BCUT2D eigenvalue weighted by Gasteiger charge is 2.38. The van der Waals surface area contributed by atoms with Gasteiger partial charge in [-0.2, -0.15) is 5.10 Å². The van der Waals surface area contributed by atoms with Crippen LogP contribution in [-0.4, -0.2) is 33.3 Å². The van der Waals surface area contributed by atoms with Gasteiger partial charge in [-0.05, 0) is 32.4 Å². The second kappa shape index (κ2) is 5.78. The predicted octanol–water partition coefficient (Wildman–Crippen LogP) is 2.36. The third-order valence-corrected chi connectivity index (χ3v) is 4.90. The molecule has 6 heteroatoms. The number of fused-ring (bicyclic) bond motifs is 1. The van der Waals surface area contributed by atoms with Gasteiger partial charge in [0.05, 0.1) is 11.6 Å². The van der Waals surface area contributed by atoms with E-state index in [4.69, 9.17) is 0 Å². The Morgan fingerprint density at radius 2 is 1.96 bits per heavy atom. The van der Waals surface area contributed by atoms with Gasteiger partial charge in [-0.1, -0.05) is 18.2 Å². The highest BCUT2D eigenvalue weighted by Crippen LogP contribution is 2.38. The fraction of sp³-hybridized carbons (Fsp3) is 0.389.